The molecular formula is C9H20O2. The van der Waals surface area contributed by atoms with E-state index < -0.39 is 0 Å². The van der Waals surface area contributed by atoms with Crippen molar-refractivity contribution in [3.8, 4) is 0 Å². The molecule has 68 valence electrons. The summed E-state index contributed by atoms with van der Waals surface area (Å²) in [6, 6.07) is 0. The summed E-state index contributed by atoms with van der Waals surface area (Å²) in [5, 5.41) is 9.17. The van der Waals surface area contributed by atoms with Gasteiger partial charge in [-0.2, -0.15) is 0 Å². The molecule has 2 heteroatoms. The van der Waals surface area contributed by atoms with Crippen LogP contribution in [0.25, 0.3) is 0 Å². The van der Waals surface area contributed by atoms with Crippen molar-refractivity contribution < 1.29 is 9.84 Å². The summed E-state index contributed by atoms with van der Waals surface area (Å²) >= 11 is 0. The van der Waals surface area contributed by atoms with E-state index in [1.54, 1.807) is 0 Å². The molecule has 0 rings (SSSR count). The van der Waals surface area contributed by atoms with Gasteiger partial charge in [0.25, 0.3) is 0 Å². The highest BCUT2D eigenvalue weighted by atomic mass is 16.5. The van der Waals surface area contributed by atoms with E-state index >= 15 is 0 Å². The second-order valence-electron chi connectivity index (χ2n) is 3.81. The van der Waals surface area contributed by atoms with E-state index in [0.29, 0.717) is 6.61 Å². The first-order valence-corrected chi connectivity index (χ1v) is 4.27. The van der Waals surface area contributed by atoms with Crippen LogP contribution in [0.1, 0.15) is 40.5 Å². The van der Waals surface area contributed by atoms with Crippen molar-refractivity contribution in [3.05, 3.63) is 0 Å². The minimum atomic E-state index is -0.197. The van der Waals surface area contributed by atoms with Crippen LogP contribution in [0.15, 0.2) is 0 Å². The van der Waals surface area contributed by atoms with Crippen LogP contribution in [0.4, 0.5) is 0 Å². The first-order chi connectivity index (χ1) is 4.95. The van der Waals surface area contributed by atoms with Gasteiger partial charge in [-0.25, -0.2) is 0 Å². The lowest BCUT2D eigenvalue weighted by Gasteiger charge is -2.20. The Labute approximate surface area is 69.6 Å². The van der Waals surface area contributed by atoms with Crippen LogP contribution in [-0.4, -0.2) is 23.4 Å². The lowest BCUT2D eigenvalue weighted by molar-refractivity contribution is -0.0186. The van der Waals surface area contributed by atoms with Gasteiger partial charge in [-0.1, -0.05) is 6.92 Å². The lowest BCUT2D eigenvalue weighted by atomic mass is 10.2. The lowest BCUT2D eigenvalue weighted by Crippen LogP contribution is -2.21. The normalized spacial score (nSPS) is 15.0. The Morgan fingerprint density at radius 3 is 2.27 bits per heavy atom. The maximum Gasteiger partial charge on any atom is 0.0598 e. The van der Waals surface area contributed by atoms with Crippen molar-refractivity contribution in [2.24, 2.45) is 0 Å². The van der Waals surface area contributed by atoms with Gasteiger partial charge in [0, 0.05) is 6.61 Å². The van der Waals surface area contributed by atoms with E-state index in [9.17, 15) is 5.11 Å². The molecule has 0 aliphatic rings. The summed E-state index contributed by atoms with van der Waals surface area (Å²) in [7, 11) is 0. The average Bonchev–Trinajstić information content (AvgIpc) is 1.85. The summed E-state index contributed by atoms with van der Waals surface area (Å²) in [4.78, 5) is 0. The van der Waals surface area contributed by atoms with Crippen LogP contribution in [0, 0.1) is 0 Å². The fourth-order valence-electron chi connectivity index (χ4n) is 0.705. The zero-order valence-corrected chi connectivity index (χ0v) is 8.05. The summed E-state index contributed by atoms with van der Waals surface area (Å²) in [6.45, 7) is 8.68. The molecule has 0 saturated heterocycles. The summed E-state index contributed by atoms with van der Waals surface area (Å²) in [6.07, 6.45) is 1.36. The quantitative estimate of drug-likeness (QED) is 0.681. The first-order valence-electron chi connectivity index (χ1n) is 4.27. The van der Waals surface area contributed by atoms with E-state index in [0.717, 1.165) is 12.8 Å². The molecule has 1 atom stereocenters. The number of hydrogen-bond donors (Lipinski definition) is 1. The minimum absolute atomic E-state index is 0.0759. The fraction of sp³-hybridized carbons (Fsp3) is 1.00. The second kappa shape index (κ2) is 4.73. The molecular weight excluding hydrogens is 140 g/mol. The minimum Gasteiger partial charge on any atom is -0.393 e. The van der Waals surface area contributed by atoms with Crippen molar-refractivity contribution in [3.63, 3.8) is 0 Å². The molecule has 0 heterocycles. The molecule has 0 aromatic carbocycles. The third kappa shape index (κ3) is 7.82. The van der Waals surface area contributed by atoms with Crippen LogP contribution in [0.3, 0.4) is 0 Å². The molecule has 0 radical (unpaired) electrons. The third-order valence-electron chi connectivity index (χ3n) is 1.46. The van der Waals surface area contributed by atoms with E-state index in [1.807, 2.05) is 27.7 Å². The molecule has 0 saturated carbocycles. The number of hydrogen-bond acceptors (Lipinski definition) is 2. The van der Waals surface area contributed by atoms with Gasteiger partial charge < -0.3 is 9.84 Å². The number of ether oxygens (including phenoxy) is 1. The van der Waals surface area contributed by atoms with E-state index in [1.165, 1.54) is 0 Å². The third-order valence-corrected chi connectivity index (χ3v) is 1.46. The second-order valence-corrected chi connectivity index (χ2v) is 3.81. The van der Waals surface area contributed by atoms with Gasteiger partial charge in [0.1, 0.15) is 0 Å². The summed E-state index contributed by atoms with van der Waals surface area (Å²) in [5.41, 5.74) is -0.0759. The van der Waals surface area contributed by atoms with Gasteiger partial charge in [-0.05, 0) is 33.6 Å². The van der Waals surface area contributed by atoms with Crippen LogP contribution in [-0.2, 0) is 4.74 Å². The van der Waals surface area contributed by atoms with Crippen molar-refractivity contribution in [1.29, 1.82) is 0 Å². The molecule has 0 spiro atoms. The highest BCUT2D eigenvalue weighted by molar-refractivity contribution is 4.59. The first kappa shape index (κ1) is 10.9. The maximum atomic E-state index is 9.17. The van der Waals surface area contributed by atoms with Crippen molar-refractivity contribution in [2.45, 2.75) is 52.2 Å². The Hall–Kier alpha value is -0.0800. The number of rotatable bonds is 4. The van der Waals surface area contributed by atoms with Crippen molar-refractivity contribution in [1.82, 2.24) is 0 Å². The number of aliphatic hydroxyl groups is 1. The summed E-state index contributed by atoms with van der Waals surface area (Å²) in [5.74, 6) is 0. The monoisotopic (exact) mass is 160 g/mol. The fourth-order valence-corrected chi connectivity index (χ4v) is 0.705. The molecule has 1 N–H and O–H groups in total. The smallest absolute Gasteiger partial charge is 0.0598 e. The number of aliphatic hydroxyl groups excluding tert-OH is 1. The van der Waals surface area contributed by atoms with Crippen LogP contribution in [0.2, 0.25) is 0 Å². The van der Waals surface area contributed by atoms with E-state index in [4.69, 9.17) is 4.74 Å². The predicted octanol–water partition coefficient (Wildman–Crippen LogP) is 1.96. The molecule has 2 nitrogen and oxygen atoms in total. The topological polar surface area (TPSA) is 29.5 Å². The van der Waals surface area contributed by atoms with Gasteiger partial charge in [0.15, 0.2) is 0 Å². The standard InChI is InChI=1S/C9H20O2/c1-5-8(10)6-7-11-9(2,3)4/h8,10H,5-7H2,1-4H3. The summed E-state index contributed by atoms with van der Waals surface area (Å²) < 4.78 is 5.44. The zero-order valence-electron chi connectivity index (χ0n) is 8.05. The molecule has 0 amide bonds. The van der Waals surface area contributed by atoms with Crippen molar-refractivity contribution in [2.75, 3.05) is 6.61 Å². The maximum absolute atomic E-state index is 9.17. The zero-order chi connectivity index (χ0) is 8.91. The van der Waals surface area contributed by atoms with E-state index in [-0.39, 0.29) is 11.7 Å². The average molecular weight is 160 g/mol. The largest absolute Gasteiger partial charge is 0.393 e. The van der Waals surface area contributed by atoms with Crippen LogP contribution >= 0.6 is 0 Å². The van der Waals surface area contributed by atoms with Crippen LogP contribution in [0.5, 0.6) is 0 Å². The Morgan fingerprint density at radius 2 is 1.91 bits per heavy atom. The molecule has 0 aromatic rings. The molecule has 1 unspecified atom stereocenters. The van der Waals surface area contributed by atoms with Crippen LogP contribution < -0.4 is 0 Å². The molecule has 0 fully saturated rings. The molecule has 0 bridgehead atoms. The molecule has 0 aromatic heterocycles. The van der Waals surface area contributed by atoms with Gasteiger partial charge in [-0.3, -0.25) is 0 Å². The predicted molar refractivity (Wildman–Crippen MR) is 46.6 cm³/mol. The van der Waals surface area contributed by atoms with Gasteiger partial charge in [-0.15, -0.1) is 0 Å². The Kier molecular flexibility index (Phi) is 4.69. The SMILES string of the molecule is CCC(O)CCOC(C)(C)C. The van der Waals surface area contributed by atoms with Gasteiger partial charge in [0.05, 0.1) is 11.7 Å². The highest BCUT2D eigenvalue weighted by Gasteiger charge is 2.10. The van der Waals surface area contributed by atoms with E-state index in [2.05, 4.69) is 0 Å². The Morgan fingerprint density at radius 1 is 1.36 bits per heavy atom. The van der Waals surface area contributed by atoms with Gasteiger partial charge in [0.2, 0.25) is 0 Å². The molecule has 0 aliphatic heterocycles. The molecule has 0 aliphatic carbocycles. The van der Waals surface area contributed by atoms with Gasteiger partial charge >= 0.3 is 0 Å². The Balaban J connectivity index is 3.28. The highest BCUT2D eigenvalue weighted by Crippen LogP contribution is 2.08. The Bertz CT molecular complexity index is 94.2. The van der Waals surface area contributed by atoms with Crippen molar-refractivity contribution >= 4 is 0 Å². The molecule has 11 heavy (non-hydrogen) atoms.